The second-order valence-corrected chi connectivity index (χ2v) is 7.01. The molecule has 3 atom stereocenters. The molecule has 11 nitrogen and oxygen atoms in total. The number of nitrogens with one attached hydrogen (secondary N) is 1. The van der Waals surface area contributed by atoms with Crippen LogP contribution in [0.3, 0.4) is 0 Å². The largest absolute Gasteiger partial charge is 0.489 e. The Morgan fingerprint density at radius 3 is 2.46 bits per heavy atom. The number of rotatable bonds is 7. The van der Waals surface area contributed by atoms with Gasteiger partial charge in [0, 0.05) is 19.4 Å². The van der Waals surface area contributed by atoms with E-state index in [0.29, 0.717) is 0 Å². The highest BCUT2D eigenvalue weighted by molar-refractivity contribution is 7.46. The van der Waals surface area contributed by atoms with Crippen LogP contribution in [0.4, 0.5) is 0 Å². The van der Waals surface area contributed by atoms with Crippen molar-refractivity contribution in [3.05, 3.63) is 44.6 Å². The standard InChI is InChI=1S/C14H21N2O9P/c1-7(2)23-11-10(8(3)25-26(19,20)21)24-13(12(11)22-4)16-6-5-9(17)15-14(16)18/h5-8,12-13H,1-4H3,(H,15,17,18)(H2,19,20,21)/t8-,12?,13-/m1/s1. The van der Waals surface area contributed by atoms with Crippen molar-refractivity contribution in [2.24, 2.45) is 0 Å². The van der Waals surface area contributed by atoms with Gasteiger partial charge in [-0.15, -0.1) is 0 Å². The number of phosphoric acid groups is 1. The van der Waals surface area contributed by atoms with Gasteiger partial charge in [0.15, 0.2) is 17.6 Å². The van der Waals surface area contributed by atoms with Gasteiger partial charge in [-0.1, -0.05) is 0 Å². The molecule has 2 rings (SSSR count). The zero-order valence-electron chi connectivity index (χ0n) is 14.6. The van der Waals surface area contributed by atoms with Gasteiger partial charge in [-0.3, -0.25) is 18.9 Å². The van der Waals surface area contributed by atoms with Gasteiger partial charge in [0.25, 0.3) is 5.56 Å². The van der Waals surface area contributed by atoms with Crippen LogP contribution < -0.4 is 11.2 Å². The summed E-state index contributed by atoms with van der Waals surface area (Å²) in [6.07, 6.45) is -2.22. The molecule has 146 valence electrons. The van der Waals surface area contributed by atoms with Crippen molar-refractivity contribution in [3.63, 3.8) is 0 Å². The lowest BCUT2D eigenvalue weighted by atomic mass is 10.2. The van der Waals surface area contributed by atoms with Crippen LogP contribution in [-0.4, -0.2) is 44.8 Å². The maximum atomic E-state index is 12.1. The van der Waals surface area contributed by atoms with Gasteiger partial charge in [0.05, 0.1) is 6.10 Å². The smallest absolute Gasteiger partial charge is 0.470 e. The van der Waals surface area contributed by atoms with Gasteiger partial charge in [-0.05, 0) is 20.8 Å². The Morgan fingerprint density at radius 2 is 1.96 bits per heavy atom. The molecule has 0 spiro atoms. The summed E-state index contributed by atoms with van der Waals surface area (Å²) in [5.74, 6) is 0.128. The Hall–Kier alpha value is -1.91. The molecule has 0 saturated heterocycles. The fourth-order valence-corrected chi connectivity index (χ4v) is 3.01. The molecule has 0 radical (unpaired) electrons. The second kappa shape index (κ2) is 7.77. The van der Waals surface area contributed by atoms with E-state index >= 15 is 0 Å². The first-order chi connectivity index (χ1) is 12.0. The highest BCUT2D eigenvalue weighted by Crippen LogP contribution is 2.43. The minimum atomic E-state index is -4.80. The average molecular weight is 392 g/mol. The molecule has 0 saturated carbocycles. The van der Waals surface area contributed by atoms with E-state index in [1.165, 1.54) is 20.2 Å². The second-order valence-electron chi connectivity index (χ2n) is 5.82. The highest BCUT2D eigenvalue weighted by atomic mass is 31.2. The van der Waals surface area contributed by atoms with Gasteiger partial charge >= 0.3 is 13.5 Å². The third-order valence-electron chi connectivity index (χ3n) is 3.41. The van der Waals surface area contributed by atoms with E-state index in [4.69, 9.17) is 24.0 Å². The molecule has 1 aromatic rings. The Bertz CT molecular complexity index is 837. The number of phosphoric ester groups is 1. The number of H-pyrrole nitrogens is 1. The fourth-order valence-electron chi connectivity index (χ4n) is 2.50. The molecule has 12 heteroatoms. The zero-order valence-corrected chi connectivity index (χ0v) is 15.5. The lowest BCUT2D eigenvalue weighted by molar-refractivity contribution is -0.0483. The van der Waals surface area contributed by atoms with Gasteiger partial charge in [0.1, 0.15) is 6.10 Å². The lowest BCUT2D eigenvalue weighted by Gasteiger charge is -2.22. The third-order valence-corrected chi connectivity index (χ3v) is 4.01. The average Bonchev–Trinajstić information content (AvgIpc) is 2.83. The van der Waals surface area contributed by atoms with Crippen LogP contribution in [0.1, 0.15) is 27.0 Å². The number of hydrogen-bond donors (Lipinski definition) is 3. The number of aromatic nitrogens is 2. The number of ether oxygens (including phenoxy) is 3. The van der Waals surface area contributed by atoms with Gasteiger partial charge in [-0.25, -0.2) is 9.36 Å². The zero-order chi connectivity index (χ0) is 19.6. The van der Waals surface area contributed by atoms with Crippen LogP contribution in [0.2, 0.25) is 0 Å². The predicted octanol–water partition coefficient (Wildman–Crippen LogP) is 0.215. The molecule has 0 fully saturated rings. The van der Waals surface area contributed by atoms with Gasteiger partial charge in [0.2, 0.25) is 6.23 Å². The summed E-state index contributed by atoms with van der Waals surface area (Å²) in [5.41, 5.74) is -1.32. The SMILES string of the molecule is COC1C(OC(C)C)=C([C@@H](C)OP(=O)(O)O)O[C@H]1n1ccc(=O)[nH]c1=O. The molecule has 0 aromatic carbocycles. The molecule has 0 aliphatic carbocycles. The van der Waals surface area contributed by atoms with E-state index in [0.717, 1.165) is 10.6 Å². The molecule has 1 aliphatic rings. The minimum absolute atomic E-state index is 0.0167. The topological polar surface area (TPSA) is 149 Å². The van der Waals surface area contributed by atoms with E-state index in [2.05, 4.69) is 9.51 Å². The molecular formula is C14H21N2O9P. The van der Waals surface area contributed by atoms with E-state index in [1.54, 1.807) is 13.8 Å². The minimum Gasteiger partial charge on any atom is -0.489 e. The summed E-state index contributed by atoms with van der Waals surface area (Å²) in [4.78, 5) is 43.5. The molecule has 1 aromatic heterocycles. The van der Waals surface area contributed by atoms with Gasteiger partial charge in [-0.2, -0.15) is 0 Å². The molecule has 26 heavy (non-hydrogen) atoms. The van der Waals surface area contributed by atoms with Crippen LogP contribution in [0, 0.1) is 0 Å². The van der Waals surface area contributed by atoms with Crippen molar-refractivity contribution in [2.75, 3.05) is 7.11 Å². The van der Waals surface area contributed by atoms with E-state index in [1.807, 2.05) is 0 Å². The van der Waals surface area contributed by atoms with E-state index in [-0.39, 0.29) is 17.6 Å². The molecule has 2 heterocycles. The van der Waals surface area contributed by atoms with Crippen LogP contribution in [0.25, 0.3) is 0 Å². The van der Waals surface area contributed by atoms with Crippen molar-refractivity contribution < 1.29 is 33.1 Å². The quantitative estimate of drug-likeness (QED) is 0.554. The summed E-state index contributed by atoms with van der Waals surface area (Å²) in [6, 6.07) is 1.13. The van der Waals surface area contributed by atoms with Crippen LogP contribution in [0.5, 0.6) is 0 Å². The Labute approximate surface area is 148 Å². The third kappa shape index (κ3) is 4.63. The van der Waals surface area contributed by atoms with Crippen molar-refractivity contribution in [1.29, 1.82) is 0 Å². The first-order valence-electron chi connectivity index (χ1n) is 7.69. The van der Waals surface area contributed by atoms with Crippen molar-refractivity contribution in [1.82, 2.24) is 9.55 Å². The summed E-state index contributed by atoms with van der Waals surface area (Å²) >= 11 is 0. The van der Waals surface area contributed by atoms with Crippen LogP contribution in [-0.2, 0) is 23.3 Å². The van der Waals surface area contributed by atoms with E-state index < -0.39 is 37.5 Å². The number of methoxy groups -OCH3 is 1. The summed E-state index contributed by atoms with van der Waals surface area (Å²) in [6.45, 7) is 4.85. The first-order valence-corrected chi connectivity index (χ1v) is 9.22. The first kappa shape index (κ1) is 20.4. The molecule has 0 bridgehead atoms. The lowest BCUT2D eigenvalue weighted by Crippen LogP contribution is -2.36. The Balaban J connectivity index is 2.46. The fraction of sp³-hybridized carbons (Fsp3) is 0.571. The molecule has 3 N–H and O–H groups in total. The number of nitrogens with zero attached hydrogens (tertiary/aromatic N) is 1. The predicted molar refractivity (Wildman–Crippen MR) is 88.1 cm³/mol. The summed E-state index contributed by atoms with van der Waals surface area (Å²) in [5, 5.41) is 0. The Kier molecular flexibility index (Phi) is 6.09. The number of hydrogen-bond acceptors (Lipinski definition) is 7. The van der Waals surface area contributed by atoms with Crippen molar-refractivity contribution in [3.8, 4) is 0 Å². The van der Waals surface area contributed by atoms with Crippen LogP contribution in [0.15, 0.2) is 33.4 Å². The number of aromatic amines is 1. The maximum Gasteiger partial charge on any atom is 0.470 e. The Morgan fingerprint density at radius 1 is 1.31 bits per heavy atom. The highest BCUT2D eigenvalue weighted by Gasteiger charge is 2.44. The normalized spacial score (nSPS) is 21.8. The van der Waals surface area contributed by atoms with Gasteiger partial charge < -0.3 is 24.0 Å². The van der Waals surface area contributed by atoms with Crippen molar-refractivity contribution in [2.45, 2.75) is 45.3 Å². The summed E-state index contributed by atoms with van der Waals surface area (Å²) in [7, 11) is -3.44. The molecule has 1 aliphatic heterocycles. The summed E-state index contributed by atoms with van der Waals surface area (Å²) < 4.78 is 33.7. The monoisotopic (exact) mass is 392 g/mol. The van der Waals surface area contributed by atoms with Crippen LogP contribution >= 0.6 is 7.82 Å². The molecule has 0 amide bonds. The molecular weight excluding hydrogens is 371 g/mol. The maximum absolute atomic E-state index is 12.1. The van der Waals surface area contributed by atoms with E-state index in [9.17, 15) is 14.2 Å². The van der Waals surface area contributed by atoms with Crippen molar-refractivity contribution >= 4 is 7.82 Å². The molecule has 1 unspecified atom stereocenters.